The second kappa shape index (κ2) is 7.58. The molecule has 0 aliphatic carbocycles. The Morgan fingerprint density at radius 2 is 1.58 bits per heavy atom. The lowest BCUT2D eigenvalue weighted by atomic mass is 9.86. The summed E-state index contributed by atoms with van der Waals surface area (Å²) >= 11 is 5.96. The van der Waals surface area contributed by atoms with Gasteiger partial charge in [0, 0.05) is 42.6 Å². The summed E-state index contributed by atoms with van der Waals surface area (Å²) in [7, 11) is 0. The second-order valence-corrected chi connectivity index (χ2v) is 8.11. The summed E-state index contributed by atoms with van der Waals surface area (Å²) in [4.78, 5) is 16.9. The van der Waals surface area contributed by atoms with E-state index >= 15 is 0 Å². The van der Waals surface area contributed by atoms with E-state index in [1.165, 1.54) is 0 Å². The quantitative estimate of drug-likeness (QED) is 0.807. The van der Waals surface area contributed by atoms with Crippen LogP contribution >= 0.6 is 11.6 Å². The molecule has 1 aliphatic rings. The summed E-state index contributed by atoms with van der Waals surface area (Å²) < 4.78 is 0. The van der Waals surface area contributed by atoms with E-state index in [-0.39, 0.29) is 11.4 Å². The van der Waals surface area contributed by atoms with Gasteiger partial charge in [0.1, 0.15) is 0 Å². The van der Waals surface area contributed by atoms with Crippen LogP contribution in [0.5, 0.6) is 0 Å². The zero-order chi connectivity index (χ0) is 18.7. The molecule has 0 spiro atoms. The van der Waals surface area contributed by atoms with Gasteiger partial charge in [-0.3, -0.25) is 0 Å². The van der Waals surface area contributed by atoms with E-state index in [0.717, 1.165) is 35.1 Å². The summed E-state index contributed by atoms with van der Waals surface area (Å²) in [6.07, 6.45) is 0. The lowest BCUT2D eigenvalue weighted by Crippen LogP contribution is -2.50. The fraction of sp³-hybridized carbons (Fsp3) is 0.381. The topological polar surface area (TPSA) is 35.6 Å². The van der Waals surface area contributed by atoms with E-state index in [2.05, 4.69) is 37.1 Å². The lowest BCUT2D eigenvalue weighted by Gasteiger charge is -2.36. The molecular formula is C21H26ClN3O. The third-order valence-corrected chi connectivity index (χ3v) is 4.99. The number of carbonyl (C=O) groups excluding carboxylic acids is 1. The number of piperazine rings is 1. The molecule has 1 N–H and O–H groups in total. The molecule has 1 aliphatic heterocycles. The number of urea groups is 1. The number of amides is 2. The van der Waals surface area contributed by atoms with Crippen molar-refractivity contribution in [2.24, 2.45) is 0 Å². The van der Waals surface area contributed by atoms with Crippen molar-refractivity contribution in [2.75, 3.05) is 36.4 Å². The standard InChI is InChI=1S/C21H26ClN3O/c1-21(2,3)18-6-4-5-7-19(18)23-20(26)25-14-12-24(13-15-25)17-10-8-16(22)9-11-17/h4-11H,12-15H2,1-3H3,(H,23,26). The van der Waals surface area contributed by atoms with Gasteiger partial charge in [0.05, 0.1) is 0 Å². The molecule has 0 saturated carbocycles. The highest BCUT2D eigenvalue weighted by molar-refractivity contribution is 6.30. The molecule has 3 rings (SSSR count). The van der Waals surface area contributed by atoms with Gasteiger partial charge >= 0.3 is 6.03 Å². The summed E-state index contributed by atoms with van der Waals surface area (Å²) in [6.45, 7) is 9.50. The van der Waals surface area contributed by atoms with Gasteiger partial charge in [-0.15, -0.1) is 0 Å². The number of anilines is 2. The Morgan fingerprint density at radius 3 is 2.19 bits per heavy atom. The summed E-state index contributed by atoms with van der Waals surface area (Å²) in [5.74, 6) is 0. The first-order valence-electron chi connectivity index (χ1n) is 9.00. The van der Waals surface area contributed by atoms with Crippen molar-refractivity contribution in [1.82, 2.24) is 4.90 Å². The molecule has 5 heteroatoms. The Morgan fingerprint density at radius 1 is 0.962 bits per heavy atom. The molecule has 2 amide bonds. The van der Waals surface area contributed by atoms with E-state index in [0.29, 0.717) is 13.1 Å². The van der Waals surface area contributed by atoms with Gasteiger partial charge in [-0.1, -0.05) is 50.6 Å². The minimum absolute atomic E-state index is 0.0167. The van der Waals surface area contributed by atoms with Crippen LogP contribution in [-0.2, 0) is 5.41 Å². The van der Waals surface area contributed by atoms with Crippen LogP contribution in [0.2, 0.25) is 5.02 Å². The normalized spacial score (nSPS) is 15.1. The Hall–Kier alpha value is -2.20. The minimum Gasteiger partial charge on any atom is -0.368 e. The van der Waals surface area contributed by atoms with Crippen LogP contribution in [0.3, 0.4) is 0 Å². The van der Waals surface area contributed by atoms with Crippen LogP contribution in [0.15, 0.2) is 48.5 Å². The molecule has 0 bridgehead atoms. The number of hydrogen-bond donors (Lipinski definition) is 1. The first-order chi connectivity index (χ1) is 12.3. The molecule has 1 saturated heterocycles. The molecule has 0 radical (unpaired) electrons. The van der Waals surface area contributed by atoms with Crippen molar-refractivity contribution in [3.05, 3.63) is 59.1 Å². The Bertz CT molecular complexity index is 760. The first-order valence-corrected chi connectivity index (χ1v) is 9.38. The highest BCUT2D eigenvalue weighted by Gasteiger charge is 2.23. The molecule has 4 nitrogen and oxygen atoms in total. The minimum atomic E-state index is -0.0301. The summed E-state index contributed by atoms with van der Waals surface area (Å²) in [5, 5.41) is 3.84. The Kier molecular flexibility index (Phi) is 5.42. The van der Waals surface area contributed by atoms with Crippen molar-refractivity contribution >= 4 is 29.0 Å². The largest absolute Gasteiger partial charge is 0.368 e. The zero-order valence-corrected chi connectivity index (χ0v) is 16.4. The molecule has 138 valence electrons. The highest BCUT2D eigenvalue weighted by atomic mass is 35.5. The van der Waals surface area contributed by atoms with Crippen molar-refractivity contribution in [1.29, 1.82) is 0 Å². The molecule has 1 fully saturated rings. The van der Waals surface area contributed by atoms with Crippen molar-refractivity contribution in [3.63, 3.8) is 0 Å². The second-order valence-electron chi connectivity index (χ2n) is 7.68. The molecule has 0 atom stereocenters. The van der Waals surface area contributed by atoms with Gasteiger partial charge in [-0.2, -0.15) is 0 Å². The predicted octanol–water partition coefficient (Wildman–Crippen LogP) is 4.99. The van der Waals surface area contributed by atoms with Crippen molar-refractivity contribution < 1.29 is 4.79 Å². The van der Waals surface area contributed by atoms with Crippen molar-refractivity contribution in [2.45, 2.75) is 26.2 Å². The number of carbonyl (C=O) groups is 1. The fourth-order valence-electron chi connectivity index (χ4n) is 3.26. The predicted molar refractivity (Wildman–Crippen MR) is 109 cm³/mol. The van der Waals surface area contributed by atoms with Gasteiger partial charge in [-0.05, 0) is 41.3 Å². The lowest BCUT2D eigenvalue weighted by molar-refractivity contribution is 0.208. The molecular weight excluding hydrogens is 346 g/mol. The zero-order valence-electron chi connectivity index (χ0n) is 15.6. The molecule has 1 heterocycles. The molecule has 0 unspecified atom stereocenters. The van der Waals surface area contributed by atoms with Crippen LogP contribution in [0.25, 0.3) is 0 Å². The number of nitrogens with zero attached hydrogens (tertiary/aromatic N) is 2. The van der Waals surface area contributed by atoms with Gasteiger partial charge in [-0.25, -0.2) is 4.79 Å². The van der Waals surface area contributed by atoms with E-state index < -0.39 is 0 Å². The smallest absolute Gasteiger partial charge is 0.321 e. The highest BCUT2D eigenvalue weighted by Crippen LogP contribution is 2.29. The maximum Gasteiger partial charge on any atom is 0.321 e. The van der Waals surface area contributed by atoms with Crippen LogP contribution < -0.4 is 10.2 Å². The number of hydrogen-bond acceptors (Lipinski definition) is 2. The van der Waals surface area contributed by atoms with Gasteiger partial charge in [0.2, 0.25) is 0 Å². The van der Waals surface area contributed by atoms with Gasteiger partial charge in [0.25, 0.3) is 0 Å². The summed E-state index contributed by atoms with van der Waals surface area (Å²) in [6, 6.07) is 15.9. The molecule has 26 heavy (non-hydrogen) atoms. The van der Waals surface area contributed by atoms with Crippen LogP contribution in [0.1, 0.15) is 26.3 Å². The average molecular weight is 372 g/mol. The van der Waals surface area contributed by atoms with E-state index in [1.807, 2.05) is 47.4 Å². The molecule has 2 aromatic rings. The van der Waals surface area contributed by atoms with Gasteiger partial charge < -0.3 is 15.1 Å². The SMILES string of the molecule is CC(C)(C)c1ccccc1NC(=O)N1CCN(c2ccc(Cl)cc2)CC1. The van der Waals surface area contributed by atoms with E-state index in [9.17, 15) is 4.79 Å². The van der Waals surface area contributed by atoms with Crippen LogP contribution in [0.4, 0.5) is 16.2 Å². The van der Waals surface area contributed by atoms with Crippen LogP contribution in [0, 0.1) is 0 Å². The van der Waals surface area contributed by atoms with E-state index in [1.54, 1.807) is 0 Å². The number of benzene rings is 2. The van der Waals surface area contributed by atoms with Crippen molar-refractivity contribution in [3.8, 4) is 0 Å². The third kappa shape index (κ3) is 4.31. The number of para-hydroxylation sites is 1. The molecule has 0 aromatic heterocycles. The first kappa shape index (κ1) is 18.6. The van der Waals surface area contributed by atoms with Crippen LogP contribution in [-0.4, -0.2) is 37.1 Å². The number of nitrogens with one attached hydrogen (secondary N) is 1. The third-order valence-electron chi connectivity index (χ3n) is 4.74. The van der Waals surface area contributed by atoms with Gasteiger partial charge in [0.15, 0.2) is 0 Å². The fourth-order valence-corrected chi connectivity index (χ4v) is 3.39. The maximum atomic E-state index is 12.7. The molecule has 2 aromatic carbocycles. The monoisotopic (exact) mass is 371 g/mol. The Labute approximate surface area is 160 Å². The van der Waals surface area contributed by atoms with E-state index in [4.69, 9.17) is 11.6 Å². The Balaban J connectivity index is 1.62. The maximum absolute atomic E-state index is 12.7. The average Bonchev–Trinajstić information content (AvgIpc) is 2.62. The number of halogens is 1. The number of rotatable bonds is 2. The summed E-state index contributed by atoms with van der Waals surface area (Å²) in [5.41, 5.74) is 3.17.